The summed E-state index contributed by atoms with van der Waals surface area (Å²) in [5.41, 5.74) is 5.34. The van der Waals surface area contributed by atoms with Gasteiger partial charge in [0.15, 0.2) is 6.10 Å². The van der Waals surface area contributed by atoms with Gasteiger partial charge in [-0.2, -0.15) is 0 Å². The van der Waals surface area contributed by atoms with E-state index >= 15 is 0 Å². The first-order chi connectivity index (χ1) is 25.3. The van der Waals surface area contributed by atoms with Crippen molar-refractivity contribution in [1.82, 2.24) is 0 Å². The molecule has 0 radical (unpaired) electrons. The molecule has 0 rings (SSSR count). The van der Waals surface area contributed by atoms with Crippen LogP contribution in [0.3, 0.4) is 0 Å². The number of phosphoric acid groups is 1. The van der Waals surface area contributed by atoms with Crippen LogP contribution in [0.15, 0.2) is 48.6 Å². The predicted octanol–water partition coefficient (Wildman–Crippen LogP) is 11.6. The molecule has 0 amide bonds. The summed E-state index contributed by atoms with van der Waals surface area (Å²) in [6.07, 6.45) is 42.9. The number of esters is 2. The minimum Gasteiger partial charge on any atom is -0.462 e. The molecule has 52 heavy (non-hydrogen) atoms. The summed E-state index contributed by atoms with van der Waals surface area (Å²) < 4.78 is 32.7. The molecule has 0 fully saturated rings. The lowest BCUT2D eigenvalue weighted by Gasteiger charge is -2.19. The summed E-state index contributed by atoms with van der Waals surface area (Å²) in [6, 6.07) is 0. The lowest BCUT2D eigenvalue weighted by Crippen LogP contribution is -2.29. The monoisotopic (exact) mass is 754 g/mol. The number of rotatable bonds is 38. The zero-order chi connectivity index (χ0) is 38.2. The second-order valence-corrected chi connectivity index (χ2v) is 14.9. The molecule has 9 nitrogen and oxygen atoms in total. The fraction of sp³-hybridized carbons (Fsp3) is 0.762. The Labute approximate surface area is 317 Å². The van der Waals surface area contributed by atoms with Crippen molar-refractivity contribution in [2.24, 2.45) is 5.73 Å². The third kappa shape index (κ3) is 37.7. The Morgan fingerprint density at radius 3 is 1.58 bits per heavy atom. The zero-order valence-corrected chi connectivity index (χ0v) is 33.9. The molecular weight excluding hydrogens is 677 g/mol. The highest BCUT2D eigenvalue weighted by Crippen LogP contribution is 2.43. The Morgan fingerprint density at radius 2 is 1.06 bits per heavy atom. The number of ether oxygens (including phenoxy) is 2. The van der Waals surface area contributed by atoms with Crippen molar-refractivity contribution in [3.8, 4) is 0 Å². The smallest absolute Gasteiger partial charge is 0.462 e. The molecule has 1 unspecified atom stereocenters. The fourth-order valence-electron chi connectivity index (χ4n) is 5.45. The van der Waals surface area contributed by atoms with Crippen molar-refractivity contribution >= 4 is 19.8 Å². The van der Waals surface area contributed by atoms with E-state index in [1.54, 1.807) is 0 Å². The number of unbranched alkanes of at least 4 members (excludes halogenated alkanes) is 17. The Balaban J connectivity index is 4.23. The van der Waals surface area contributed by atoms with Gasteiger partial charge in [0.05, 0.1) is 13.2 Å². The van der Waals surface area contributed by atoms with Gasteiger partial charge in [0.2, 0.25) is 0 Å². The second-order valence-electron chi connectivity index (χ2n) is 13.5. The average molecular weight is 754 g/mol. The van der Waals surface area contributed by atoms with Gasteiger partial charge in [0, 0.05) is 19.4 Å². The Hall–Kier alpha value is -2.03. The maximum atomic E-state index is 12.5. The number of allylic oxidation sites excluding steroid dienone is 8. The van der Waals surface area contributed by atoms with Crippen LogP contribution < -0.4 is 5.73 Å². The number of phosphoric ester groups is 1. The topological polar surface area (TPSA) is 134 Å². The average Bonchev–Trinajstić information content (AvgIpc) is 3.13. The van der Waals surface area contributed by atoms with Gasteiger partial charge in [0.1, 0.15) is 6.61 Å². The van der Waals surface area contributed by atoms with E-state index < -0.39 is 32.5 Å². The first-order valence-electron chi connectivity index (χ1n) is 20.6. The SMILES string of the molecule is CC/C=C/C/C=C/C/C=C/C/C=C/CCCCC(=O)O[C@H](COC(=O)CCCCCCCCCCCCCCCCCC)COP(=O)(O)OCCN. The summed E-state index contributed by atoms with van der Waals surface area (Å²) >= 11 is 0. The molecule has 0 aromatic rings. The van der Waals surface area contributed by atoms with Crippen molar-refractivity contribution in [3.63, 3.8) is 0 Å². The van der Waals surface area contributed by atoms with Gasteiger partial charge in [-0.3, -0.25) is 18.6 Å². The highest BCUT2D eigenvalue weighted by atomic mass is 31.2. The molecule has 0 aliphatic heterocycles. The second kappa shape index (κ2) is 38.7. The minimum absolute atomic E-state index is 0.0458. The van der Waals surface area contributed by atoms with E-state index in [1.807, 2.05) is 0 Å². The maximum absolute atomic E-state index is 12.5. The maximum Gasteiger partial charge on any atom is 0.472 e. The summed E-state index contributed by atoms with van der Waals surface area (Å²) in [6.45, 7) is 3.57. The van der Waals surface area contributed by atoms with Crippen LogP contribution in [0.1, 0.15) is 174 Å². The largest absolute Gasteiger partial charge is 0.472 e. The van der Waals surface area contributed by atoms with Gasteiger partial charge in [0.25, 0.3) is 0 Å². The lowest BCUT2D eigenvalue weighted by atomic mass is 10.0. The van der Waals surface area contributed by atoms with Crippen LogP contribution in [-0.4, -0.2) is 49.3 Å². The van der Waals surface area contributed by atoms with Crippen molar-refractivity contribution < 1.29 is 37.6 Å². The van der Waals surface area contributed by atoms with Crippen molar-refractivity contribution in [1.29, 1.82) is 0 Å². The number of carbonyl (C=O) groups is 2. The number of hydrogen-bond acceptors (Lipinski definition) is 8. The van der Waals surface area contributed by atoms with E-state index in [0.717, 1.165) is 57.8 Å². The molecule has 2 atom stereocenters. The van der Waals surface area contributed by atoms with Gasteiger partial charge in [-0.05, 0) is 51.4 Å². The molecule has 0 aromatic carbocycles. The molecule has 0 spiro atoms. The van der Waals surface area contributed by atoms with Gasteiger partial charge in [-0.15, -0.1) is 0 Å². The zero-order valence-electron chi connectivity index (χ0n) is 33.0. The van der Waals surface area contributed by atoms with Gasteiger partial charge in [-0.1, -0.05) is 159 Å². The molecule has 3 N–H and O–H groups in total. The van der Waals surface area contributed by atoms with E-state index in [1.165, 1.54) is 83.5 Å². The normalized spacial score (nSPS) is 13.8. The van der Waals surface area contributed by atoms with Crippen LogP contribution in [0.25, 0.3) is 0 Å². The first kappa shape index (κ1) is 50.0. The quantitative estimate of drug-likeness (QED) is 0.0273. The fourth-order valence-corrected chi connectivity index (χ4v) is 6.21. The molecule has 10 heteroatoms. The standard InChI is InChI=1S/C42H76NO8P/c1-3-5-7-9-11-13-15-17-19-21-22-24-26-28-30-32-34-41(44)48-38-40(39-50-52(46,47)49-37-36-43)51-42(45)35-33-31-29-27-25-23-20-18-16-14-12-10-8-6-4-2/h6,8,12,14,18,20,25,27,40H,3-5,7,9-11,13,15-17,19,21-24,26,28-39,43H2,1-2H3,(H,46,47)/b8-6+,14-12+,20-18+,27-25+/t40-/m1/s1. The van der Waals surface area contributed by atoms with Crippen LogP contribution in [0.5, 0.6) is 0 Å². The summed E-state index contributed by atoms with van der Waals surface area (Å²) in [4.78, 5) is 34.8. The minimum atomic E-state index is -4.38. The number of hydrogen-bond donors (Lipinski definition) is 2. The lowest BCUT2D eigenvalue weighted by molar-refractivity contribution is -0.161. The molecular formula is C42H76NO8P. The Morgan fingerprint density at radius 1 is 0.596 bits per heavy atom. The third-order valence-electron chi connectivity index (χ3n) is 8.48. The predicted molar refractivity (Wildman–Crippen MR) is 215 cm³/mol. The highest BCUT2D eigenvalue weighted by molar-refractivity contribution is 7.47. The Kier molecular flexibility index (Phi) is 37.2. The van der Waals surface area contributed by atoms with E-state index in [9.17, 15) is 19.0 Å². The van der Waals surface area contributed by atoms with Crippen molar-refractivity contribution in [2.75, 3.05) is 26.4 Å². The van der Waals surface area contributed by atoms with Gasteiger partial charge >= 0.3 is 19.8 Å². The van der Waals surface area contributed by atoms with E-state index in [4.69, 9.17) is 24.3 Å². The molecule has 302 valence electrons. The summed E-state index contributed by atoms with van der Waals surface area (Å²) in [7, 11) is -4.38. The summed E-state index contributed by atoms with van der Waals surface area (Å²) in [5, 5.41) is 0. The van der Waals surface area contributed by atoms with Crippen LogP contribution in [0.2, 0.25) is 0 Å². The highest BCUT2D eigenvalue weighted by Gasteiger charge is 2.25. The van der Waals surface area contributed by atoms with Crippen molar-refractivity contribution in [2.45, 2.75) is 180 Å². The number of carbonyl (C=O) groups excluding carboxylic acids is 2. The third-order valence-corrected chi connectivity index (χ3v) is 9.46. The molecule has 0 heterocycles. The van der Waals surface area contributed by atoms with Crippen molar-refractivity contribution in [3.05, 3.63) is 48.6 Å². The van der Waals surface area contributed by atoms with Crippen LogP contribution >= 0.6 is 7.82 Å². The molecule has 0 bridgehead atoms. The van der Waals surface area contributed by atoms with Crippen LogP contribution in [0.4, 0.5) is 0 Å². The first-order valence-corrected chi connectivity index (χ1v) is 22.1. The number of nitrogens with two attached hydrogens (primary N) is 1. The molecule has 0 aliphatic rings. The van der Waals surface area contributed by atoms with E-state index in [-0.39, 0.29) is 32.6 Å². The molecule has 0 saturated heterocycles. The van der Waals surface area contributed by atoms with Gasteiger partial charge in [-0.25, -0.2) is 4.57 Å². The summed E-state index contributed by atoms with van der Waals surface area (Å²) in [5.74, 6) is -0.876. The molecule has 0 aromatic heterocycles. The van der Waals surface area contributed by atoms with Crippen LogP contribution in [-0.2, 0) is 32.7 Å². The van der Waals surface area contributed by atoms with Crippen LogP contribution in [0, 0.1) is 0 Å². The van der Waals surface area contributed by atoms with E-state index in [2.05, 4.69) is 62.5 Å². The molecule has 0 aliphatic carbocycles. The Bertz CT molecular complexity index is 996. The molecule has 0 saturated carbocycles. The van der Waals surface area contributed by atoms with E-state index in [0.29, 0.717) is 6.42 Å². The van der Waals surface area contributed by atoms with Gasteiger partial charge < -0.3 is 20.1 Å².